The van der Waals surface area contributed by atoms with E-state index in [1.807, 2.05) is 30.3 Å². The van der Waals surface area contributed by atoms with Crippen LogP contribution >= 0.6 is 0 Å². The van der Waals surface area contributed by atoms with Gasteiger partial charge in [-0.1, -0.05) is 30.3 Å². The third kappa shape index (κ3) is 2.06. The van der Waals surface area contributed by atoms with Crippen molar-refractivity contribution in [2.75, 3.05) is 6.54 Å². The first-order valence-electron chi connectivity index (χ1n) is 6.63. The fourth-order valence-electron chi connectivity index (χ4n) is 3.06. The van der Waals surface area contributed by atoms with E-state index in [4.69, 9.17) is 4.74 Å². The summed E-state index contributed by atoms with van der Waals surface area (Å²) in [7, 11) is 0. The maximum Gasteiger partial charge on any atom is 0.411 e. The van der Waals surface area contributed by atoms with Gasteiger partial charge in [-0.25, -0.2) is 4.79 Å². The van der Waals surface area contributed by atoms with Crippen molar-refractivity contribution in [2.24, 2.45) is 5.92 Å². The summed E-state index contributed by atoms with van der Waals surface area (Å²) in [6.45, 7) is 0.910. The van der Waals surface area contributed by atoms with Crippen LogP contribution in [-0.2, 0) is 11.3 Å². The van der Waals surface area contributed by atoms with Crippen LogP contribution in [0.15, 0.2) is 30.3 Å². The minimum Gasteiger partial charge on any atom is -0.445 e. The molecule has 3 fully saturated rings. The molecule has 1 aromatic rings. The number of nitrogens with zero attached hydrogens (tertiary/aromatic N) is 2. The third-order valence-corrected chi connectivity index (χ3v) is 4.16. The minimum atomic E-state index is -0.587. The summed E-state index contributed by atoms with van der Waals surface area (Å²) in [6.07, 6.45) is 2.25. The normalized spacial score (nSPS) is 28.2. The number of hydrogen-bond acceptors (Lipinski definition) is 3. The molecule has 2 bridgehead atoms. The highest BCUT2D eigenvalue weighted by atomic mass is 16.6. The summed E-state index contributed by atoms with van der Waals surface area (Å²) in [5, 5.41) is 9.29. The molecule has 3 aliphatic rings. The van der Waals surface area contributed by atoms with Crippen LogP contribution < -0.4 is 0 Å². The van der Waals surface area contributed by atoms with Crippen LogP contribution in [0.1, 0.15) is 24.8 Å². The molecule has 4 nitrogen and oxygen atoms in total. The van der Waals surface area contributed by atoms with Crippen LogP contribution in [0.3, 0.4) is 0 Å². The molecule has 0 N–H and O–H groups in total. The van der Waals surface area contributed by atoms with Gasteiger partial charge in [-0.3, -0.25) is 4.90 Å². The van der Waals surface area contributed by atoms with Crippen molar-refractivity contribution in [1.29, 1.82) is 5.26 Å². The highest BCUT2D eigenvalue weighted by molar-refractivity contribution is 5.70. The molecule has 1 aliphatic carbocycles. The molecule has 0 atom stereocenters. The first-order valence-corrected chi connectivity index (χ1v) is 6.63. The highest BCUT2D eigenvalue weighted by Crippen LogP contribution is 2.48. The number of benzene rings is 1. The number of nitriles is 1. The predicted octanol–water partition coefficient (Wildman–Crippen LogP) is 2.70. The fourth-order valence-corrected chi connectivity index (χ4v) is 3.06. The van der Waals surface area contributed by atoms with Crippen LogP contribution in [0, 0.1) is 17.2 Å². The van der Waals surface area contributed by atoms with Crippen LogP contribution in [0.5, 0.6) is 0 Å². The molecule has 2 heterocycles. The van der Waals surface area contributed by atoms with Crippen molar-refractivity contribution in [3.05, 3.63) is 35.9 Å². The predicted molar refractivity (Wildman–Crippen MR) is 69.0 cm³/mol. The standard InChI is InChI=1S/C15H16N2O2/c16-11-15-8-13(9-15)6-7-17(15)14(18)19-10-12-4-2-1-3-5-12/h1-5,13H,6-10H2. The summed E-state index contributed by atoms with van der Waals surface area (Å²) in [6, 6.07) is 11.9. The Hall–Kier alpha value is -2.02. The van der Waals surface area contributed by atoms with Gasteiger partial charge in [-0.2, -0.15) is 5.26 Å². The first-order chi connectivity index (χ1) is 9.23. The molecule has 0 spiro atoms. The van der Waals surface area contributed by atoms with Gasteiger partial charge in [0.25, 0.3) is 0 Å². The molecule has 0 unspecified atom stereocenters. The van der Waals surface area contributed by atoms with E-state index in [0.717, 1.165) is 24.8 Å². The number of amides is 1. The molecule has 0 aromatic heterocycles. The van der Waals surface area contributed by atoms with Gasteiger partial charge in [0.1, 0.15) is 12.1 Å². The van der Waals surface area contributed by atoms with E-state index in [0.29, 0.717) is 12.5 Å². The van der Waals surface area contributed by atoms with Gasteiger partial charge in [0.15, 0.2) is 0 Å². The second-order valence-corrected chi connectivity index (χ2v) is 5.40. The molecule has 98 valence electrons. The van der Waals surface area contributed by atoms with Crippen LogP contribution in [0.25, 0.3) is 0 Å². The molecule has 1 aromatic carbocycles. The summed E-state index contributed by atoms with van der Waals surface area (Å²) in [5.41, 5.74) is 0.377. The summed E-state index contributed by atoms with van der Waals surface area (Å²) in [4.78, 5) is 13.7. The Bertz CT molecular complexity index is 515. The van der Waals surface area contributed by atoms with Gasteiger partial charge in [-0.15, -0.1) is 0 Å². The third-order valence-electron chi connectivity index (χ3n) is 4.16. The Morgan fingerprint density at radius 1 is 1.42 bits per heavy atom. The number of fused-ring (bicyclic) bond motifs is 2. The zero-order valence-electron chi connectivity index (χ0n) is 10.7. The highest BCUT2D eigenvalue weighted by Gasteiger charge is 2.55. The molecule has 4 heteroatoms. The van der Waals surface area contributed by atoms with Crippen molar-refractivity contribution in [3.63, 3.8) is 0 Å². The average Bonchev–Trinajstić information content (AvgIpc) is 2.44. The number of carbonyl (C=O) groups excluding carboxylic acids is 1. The van der Waals surface area contributed by atoms with Crippen molar-refractivity contribution in [3.8, 4) is 6.07 Å². The van der Waals surface area contributed by atoms with Crippen LogP contribution in [-0.4, -0.2) is 23.1 Å². The molecule has 1 amide bonds. The molecule has 19 heavy (non-hydrogen) atoms. The monoisotopic (exact) mass is 256 g/mol. The van der Waals surface area contributed by atoms with Crippen LogP contribution in [0.4, 0.5) is 4.79 Å². The number of rotatable bonds is 2. The lowest BCUT2D eigenvalue weighted by molar-refractivity contribution is -0.0349. The number of piperidine rings is 2. The Kier molecular flexibility index (Phi) is 2.90. The van der Waals surface area contributed by atoms with Crippen molar-refractivity contribution >= 4 is 6.09 Å². The Balaban J connectivity index is 1.63. The second-order valence-electron chi connectivity index (χ2n) is 5.40. The molecule has 4 rings (SSSR count). The van der Waals surface area contributed by atoms with Crippen molar-refractivity contribution in [2.45, 2.75) is 31.4 Å². The zero-order chi connectivity index (χ0) is 13.3. The Morgan fingerprint density at radius 2 is 2.16 bits per heavy atom. The molecule has 2 aliphatic heterocycles. The number of carbonyl (C=O) groups is 1. The van der Waals surface area contributed by atoms with Gasteiger partial charge in [-0.05, 0) is 30.7 Å². The van der Waals surface area contributed by atoms with E-state index < -0.39 is 5.54 Å². The van der Waals surface area contributed by atoms with Gasteiger partial charge >= 0.3 is 6.09 Å². The van der Waals surface area contributed by atoms with Gasteiger partial charge < -0.3 is 4.74 Å². The lowest BCUT2D eigenvalue weighted by Crippen LogP contribution is -2.63. The largest absolute Gasteiger partial charge is 0.445 e. The molecule has 0 radical (unpaired) electrons. The van der Waals surface area contributed by atoms with E-state index in [9.17, 15) is 10.1 Å². The zero-order valence-corrected chi connectivity index (χ0v) is 10.7. The van der Waals surface area contributed by atoms with Crippen molar-refractivity contribution < 1.29 is 9.53 Å². The minimum absolute atomic E-state index is 0.265. The summed E-state index contributed by atoms with van der Waals surface area (Å²) < 4.78 is 5.33. The SMILES string of the molecule is N#CC12CC(CCN1C(=O)OCc1ccccc1)C2. The summed E-state index contributed by atoms with van der Waals surface area (Å²) >= 11 is 0. The van der Waals surface area contributed by atoms with E-state index >= 15 is 0 Å². The quantitative estimate of drug-likeness (QED) is 0.817. The first kappa shape index (κ1) is 12.0. The fraction of sp³-hybridized carbons (Fsp3) is 0.467. The average molecular weight is 256 g/mol. The lowest BCUT2D eigenvalue weighted by atomic mass is 9.63. The van der Waals surface area contributed by atoms with E-state index in [2.05, 4.69) is 6.07 Å². The van der Waals surface area contributed by atoms with Gasteiger partial charge in [0, 0.05) is 6.54 Å². The van der Waals surface area contributed by atoms with Crippen molar-refractivity contribution in [1.82, 2.24) is 4.90 Å². The number of hydrogen-bond donors (Lipinski definition) is 0. The number of ether oxygens (including phenoxy) is 1. The molecule has 1 saturated carbocycles. The maximum atomic E-state index is 12.1. The molecule has 2 saturated heterocycles. The van der Waals surface area contributed by atoms with E-state index in [-0.39, 0.29) is 12.7 Å². The van der Waals surface area contributed by atoms with Crippen LogP contribution in [0.2, 0.25) is 0 Å². The van der Waals surface area contributed by atoms with Gasteiger partial charge in [0.05, 0.1) is 6.07 Å². The van der Waals surface area contributed by atoms with E-state index in [1.165, 1.54) is 0 Å². The molecular weight excluding hydrogens is 240 g/mol. The smallest absolute Gasteiger partial charge is 0.411 e. The Morgan fingerprint density at radius 3 is 2.84 bits per heavy atom. The lowest BCUT2D eigenvalue weighted by Gasteiger charge is -2.54. The molecular formula is C15H16N2O2. The maximum absolute atomic E-state index is 12.1. The summed E-state index contributed by atoms with van der Waals surface area (Å²) in [5.74, 6) is 0.623. The van der Waals surface area contributed by atoms with Gasteiger partial charge in [0.2, 0.25) is 0 Å². The topological polar surface area (TPSA) is 53.3 Å². The second kappa shape index (κ2) is 4.58. The van der Waals surface area contributed by atoms with E-state index in [1.54, 1.807) is 4.90 Å². The Labute approximate surface area is 112 Å².